The van der Waals surface area contributed by atoms with Crippen molar-refractivity contribution in [2.75, 3.05) is 31.9 Å². The molecule has 146 valence electrons. The standard InChI is InChI=1S/C20H23N5OS2/c1-14(28-20-22-17(21)16-7-12-27-18(16)23-20)19(26)25-10-8-24(9-11-25)13-15-5-3-2-4-6-15/h2-7,12,14H,8-11,13H2,1H3,(H2,21,22,23). The Labute approximate surface area is 172 Å². The summed E-state index contributed by atoms with van der Waals surface area (Å²) in [5, 5.41) is 3.16. The van der Waals surface area contributed by atoms with E-state index in [-0.39, 0.29) is 11.2 Å². The Morgan fingerprint density at radius 1 is 1.18 bits per heavy atom. The molecule has 1 aliphatic heterocycles. The number of carbonyl (C=O) groups is 1. The van der Waals surface area contributed by atoms with E-state index in [0.29, 0.717) is 11.0 Å². The predicted octanol–water partition coefficient (Wildman–Crippen LogP) is 3.10. The maximum absolute atomic E-state index is 12.9. The van der Waals surface area contributed by atoms with E-state index in [2.05, 4.69) is 39.1 Å². The van der Waals surface area contributed by atoms with E-state index in [4.69, 9.17) is 5.73 Å². The lowest BCUT2D eigenvalue weighted by molar-refractivity contribution is -0.132. The second kappa shape index (κ2) is 8.46. The first kappa shape index (κ1) is 19.2. The van der Waals surface area contributed by atoms with Crippen LogP contribution in [0.5, 0.6) is 0 Å². The van der Waals surface area contributed by atoms with Gasteiger partial charge in [0, 0.05) is 32.7 Å². The Hall–Kier alpha value is -2.16. The Morgan fingerprint density at radius 3 is 2.68 bits per heavy atom. The second-order valence-electron chi connectivity index (χ2n) is 6.88. The number of carbonyl (C=O) groups excluding carboxylic acids is 1. The van der Waals surface area contributed by atoms with Gasteiger partial charge in [0.25, 0.3) is 0 Å². The quantitative estimate of drug-likeness (QED) is 0.512. The van der Waals surface area contributed by atoms with E-state index in [9.17, 15) is 4.79 Å². The number of nitrogen functional groups attached to an aromatic ring is 1. The van der Waals surface area contributed by atoms with Crippen LogP contribution in [0.15, 0.2) is 46.9 Å². The number of thiophene rings is 1. The third-order valence-electron chi connectivity index (χ3n) is 4.90. The molecule has 8 heteroatoms. The highest BCUT2D eigenvalue weighted by atomic mass is 32.2. The molecular weight excluding hydrogens is 390 g/mol. The zero-order chi connectivity index (χ0) is 19.5. The van der Waals surface area contributed by atoms with E-state index in [1.54, 1.807) is 0 Å². The van der Waals surface area contributed by atoms with E-state index in [1.165, 1.54) is 28.7 Å². The van der Waals surface area contributed by atoms with Crippen LogP contribution < -0.4 is 5.73 Å². The van der Waals surface area contributed by atoms with Crippen molar-refractivity contribution in [2.24, 2.45) is 0 Å². The molecule has 0 aliphatic carbocycles. The van der Waals surface area contributed by atoms with Crippen molar-refractivity contribution in [1.82, 2.24) is 19.8 Å². The first-order valence-corrected chi connectivity index (χ1v) is 11.1. The number of hydrogen-bond acceptors (Lipinski definition) is 7. The van der Waals surface area contributed by atoms with E-state index in [0.717, 1.165) is 42.9 Å². The number of anilines is 1. The summed E-state index contributed by atoms with van der Waals surface area (Å²) in [6, 6.07) is 12.4. The average Bonchev–Trinajstić information content (AvgIpc) is 3.18. The maximum atomic E-state index is 12.9. The lowest BCUT2D eigenvalue weighted by atomic mass is 10.2. The van der Waals surface area contributed by atoms with Gasteiger partial charge in [-0.2, -0.15) is 0 Å². The summed E-state index contributed by atoms with van der Waals surface area (Å²) in [4.78, 5) is 27.0. The molecule has 6 nitrogen and oxygen atoms in total. The summed E-state index contributed by atoms with van der Waals surface area (Å²) in [5.41, 5.74) is 7.33. The minimum Gasteiger partial charge on any atom is -0.383 e. The molecule has 1 saturated heterocycles. The fraction of sp³-hybridized carbons (Fsp3) is 0.350. The van der Waals surface area contributed by atoms with Crippen LogP contribution in [0.4, 0.5) is 5.82 Å². The summed E-state index contributed by atoms with van der Waals surface area (Å²) in [7, 11) is 0. The van der Waals surface area contributed by atoms with Crippen molar-refractivity contribution < 1.29 is 4.79 Å². The smallest absolute Gasteiger partial charge is 0.235 e. The molecule has 2 aromatic heterocycles. The lowest BCUT2D eigenvalue weighted by Crippen LogP contribution is -2.50. The highest BCUT2D eigenvalue weighted by Crippen LogP contribution is 2.28. The summed E-state index contributed by atoms with van der Waals surface area (Å²) in [6.45, 7) is 6.14. The normalized spacial score (nSPS) is 16.4. The molecule has 4 rings (SSSR count). The van der Waals surface area contributed by atoms with E-state index < -0.39 is 0 Å². The highest BCUT2D eigenvalue weighted by molar-refractivity contribution is 8.00. The molecular formula is C20H23N5OS2. The van der Waals surface area contributed by atoms with Gasteiger partial charge in [0.2, 0.25) is 5.91 Å². The Kier molecular flexibility index (Phi) is 5.79. The number of rotatable bonds is 5. The number of hydrogen-bond donors (Lipinski definition) is 1. The number of fused-ring (bicyclic) bond motifs is 1. The summed E-state index contributed by atoms with van der Waals surface area (Å²) >= 11 is 2.92. The number of piperazine rings is 1. The van der Waals surface area contributed by atoms with Gasteiger partial charge in [-0.1, -0.05) is 42.1 Å². The topological polar surface area (TPSA) is 75.3 Å². The number of nitrogens with zero attached hydrogens (tertiary/aromatic N) is 4. The SMILES string of the molecule is CC(Sc1nc(N)c2ccsc2n1)C(=O)N1CCN(Cc2ccccc2)CC1. The predicted molar refractivity (Wildman–Crippen MR) is 115 cm³/mol. The molecule has 1 amide bonds. The van der Waals surface area contributed by atoms with Crippen LogP contribution in [0.1, 0.15) is 12.5 Å². The van der Waals surface area contributed by atoms with Crippen LogP contribution >= 0.6 is 23.1 Å². The van der Waals surface area contributed by atoms with Crippen molar-refractivity contribution in [2.45, 2.75) is 23.9 Å². The van der Waals surface area contributed by atoms with Crippen LogP contribution in [0.3, 0.4) is 0 Å². The third-order valence-corrected chi connectivity index (χ3v) is 6.65. The van der Waals surface area contributed by atoms with Gasteiger partial charge in [-0.25, -0.2) is 9.97 Å². The first-order valence-electron chi connectivity index (χ1n) is 9.32. The summed E-state index contributed by atoms with van der Waals surface area (Å²) < 4.78 is 0. The van der Waals surface area contributed by atoms with Crippen molar-refractivity contribution in [3.05, 3.63) is 47.3 Å². The Balaban J connectivity index is 1.32. The molecule has 0 radical (unpaired) electrons. The van der Waals surface area contributed by atoms with Crippen molar-refractivity contribution in [3.8, 4) is 0 Å². The number of aromatic nitrogens is 2. The molecule has 1 aromatic carbocycles. The first-order chi connectivity index (χ1) is 13.6. The van der Waals surface area contributed by atoms with Crippen LogP contribution in [-0.2, 0) is 11.3 Å². The average molecular weight is 414 g/mol. The molecule has 3 heterocycles. The Morgan fingerprint density at radius 2 is 1.93 bits per heavy atom. The van der Waals surface area contributed by atoms with Crippen molar-refractivity contribution >= 4 is 45.0 Å². The van der Waals surface area contributed by atoms with Gasteiger partial charge in [-0.15, -0.1) is 11.3 Å². The summed E-state index contributed by atoms with van der Waals surface area (Å²) in [5.74, 6) is 0.612. The molecule has 2 N–H and O–H groups in total. The maximum Gasteiger partial charge on any atom is 0.235 e. The van der Waals surface area contributed by atoms with Crippen molar-refractivity contribution in [1.29, 1.82) is 0 Å². The molecule has 0 spiro atoms. The largest absolute Gasteiger partial charge is 0.383 e. The van der Waals surface area contributed by atoms with Crippen LogP contribution in [-0.4, -0.2) is 57.1 Å². The monoisotopic (exact) mass is 413 g/mol. The molecule has 0 saturated carbocycles. The molecule has 28 heavy (non-hydrogen) atoms. The molecule has 1 unspecified atom stereocenters. The fourth-order valence-electron chi connectivity index (χ4n) is 3.34. The van der Waals surface area contributed by atoms with Crippen LogP contribution in [0.25, 0.3) is 10.2 Å². The molecule has 0 bridgehead atoms. The van der Waals surface area contributed by atoms with Crippen molar-refractivity contribution in [3.63, 3.8) is 0 Å². The number of nitrogens with two attached hydrogens (primary N) is 1. The molecule has 1 atom stereocenters. The van der Waals surface area contributed by atoms with Crippen LogP contribution in [0.2, 0.25) is 0 Å². The van der Waals surface area contributed by atoms with Gasteiger partial charge in [-0.05, 0) is 23.9 Å². The molecule has 1 fully saturated rings. The lowest BCUT2D eigenvalue weighted by Gasteiger charge is -2.35. The third kappa shape index (κ3) is 4.29. The van der Waals surface area contributed by atoms with E-state index in [1.807, 2.05) is 29.3 Å². The van der Waals surface area contributed by atoms with Gasteiger partial charge >= 0.3 is 0 Å². The minimum absolute atomic E-state index is 0.137. The molecule has 1 aliphatic rings. The van der Waals surface area contributed by atoms with Gasteiger partial charge in [-0.3, -0.25) is 9.69 Å². The zero-order valence-corrected chi connectivity index (χ0v) is 17.4. The zero-order valence-electron chi connectivity index (χ0n) is 15.7. The van der Waals surface area contributed by atoms with Gasteiger partial charge < -0.3 is 10.6 Å². The second-order valence-corrected chi connectivity index (χ2v) is 9.08. The number of amides is 1. The number of thioether (sulfide) groups is 1. The van der Waals surface area contributed by atoms with E-state index >= 15 is 0 Å². The fourth-order valence-corrected chi connectivity index (χ4v) is 5.03. The minimum atomic E-state index is -0.238. The van der Waals surface area contributed by atoms with Gasteiger partial charge in [0.1, 0.15) is 10.6 Å². The number of benzene rings is 1. The Bertz CT molecular complexity index is 954. The highest BCUT2D eigenvalue weighted by Gasteiger charge is 2.26. The van der Waals surface area contributed by atoms with Crippen LogP contribution in [0, 0.1) is 0 Å². The van der Waals surface area contributed by atoms with Gasteiger partial charge in [0.15, 0.2) is 5.16 Å². The molecule has 3 aromatic rings. The van der Waals surface area contributed by atoms with Gasteiger partial charge in [0.05, 0.1) is 10.6 Å². The summed E-state index contributed by atoms with van der Waals surface area (Å²) in [6.07, 6.45) is 0.